The summed E-state index contributed by atoms with van der Waals surface area (Å²) < 4.78 is 22.5. The Kier molecular flexibility index (Phi) is 5.19. The molecule has 162 valence electrons. The molecule has 8 nitrogen and oxygen atoms in total. The third-order valence-corrected chi connectivity index (χ3v) is 5.81. The van der Waals surface area contributed by atoms with Gasteiger partial charge in [0.1, 0.15) is 11.7 Å². The second kappa shape index (κ2) is 8.14. The van der Waals surface area contributed by atoms with E-state index in [2.05, 4.69) is 31.5 Å². The molecule has 31 heavy (non-hydrogen) atoms. The smallest absolute Gasteiger partial charge is 0.244 e. The van der Waals surface area contributed by atoms with Gasteiger partial charge in [0.15, 0.2) is 0 Å². The number of nitrogens with zero attached hydrogens (tertiary/aromatic N) is 6. The number of likely N-dealkylation sites (tertiary alicyclic amines) is 1. The van der Waals surface area contributed by atoms with Crippen molar-refractivity contribution in [3.63, 3.8) is 0 Å². The van der Waals surface area contributed by atoms with Crippen molar-refractivity contribution < 1.29 is 9.13 Å². The number of nitrogens with one attached hydrogen (secondary N) is 1. The first-order valence-electron chi connectivity index (χ1n) is 10.6. The van der Waals surface area contributed by atoms with Gasteiger partial charge in [-0.05, 0) is 49.6 Å². The van der Waals surface area contributed by atoms with E-state index in [-0.39, 0.29) is 6.04 Å². The fraction of sp³-hybridized carbons (Fsp3) is 0.409. The predicted molar refractivity (Wildman–Crippen MR) is 117 cm³/mol. The van der Waals surface area contributed by atoms with Gasteiger partial charge in [-0.25, -0.2) is 13.4 Å². The van der Waals surface area contributed by atoms with E-state index in [1.807, 2.05) is 39.6 Å². The van der Waals surface area contributed by atoms with Crippen molar-refractivity contribution in [2.45, 2.75) is 32.0 Å². The first kappa shape index (κ1) is 19.7. The lowest BCUT2D eigenvalue weighted by atomic mass is 10.1. The van der Waals surface area contributed by atoms with Gasteiger partial charge >= 0.3 is 0 Å². The lowest BCUT2D eigenvalue weighted by Crippen LogP contribution is -2.41. The molecule has 0 radical (unpaired) electrons. The summed E-state index contributed by atoms with van der Waals surface area (Å²) in [4.78, 5) is 6.80. The molecule has 5 rings (SSSR count). The Hall–Kier alpha value is -3.20. The van der Waals surface area contributed by atoms with Gasteiger partial charge in [-0.15, -0.1) is 5.10 Å². The highest BCUT2D eigenvalue weighted by molar-refractivity contribution is 5.85. The van der Waals surface area contributed by atoms with Crippen LogP contribution in [0.2, 0.25) is 0 Å². The van der Waals surface area contributed by atoms with Crippen LogP contribution in [0.15, 0.2) is 42.9 Å². The highest BCUT2D eigenvalue weighted by Crippen LogP contribution is 2.32. The zero-order chi connectivity index (χ0) is 21.4. The molecule has 5 heterocycles. The average molecular weight is 423 g/mol. The van der Waals surface area contributed by atoms with Crippen LogP contribution >= 0.6 is 0 Å². The van der Waals surface area contributed by atoms with E-state index in [0.29, 0.717) is 18.4 Å². The molecule has 1 saturated heterocycles. The van der Waals surface area contributed by atoms with Crippen molar-refractivity contribution in [1.29, 1.82) is 0 Å². The number of alkyl halides is 1. The molecule has 9 heteroatoms. The summed E-state index contributed by atoms with van der Waals surface area (Å²) in [7, 11) is 1.62. The summed E-state index contributed by atoms with van der Waals surface area (Å²) in [5.74, 6) is 1.06. The molecule has 4 aromatic rings. The van der Waals surface area contributed by atoms with Crippen LogP contribution in [0.5, 0.6) is 5.88 Å². The minimum absolute atomic E-state index is 0.257. The third kappa shape index (κ3) is 3.93. The van der Waals surface area contributed by atoms with E-state index in [9.17, 15) is 4.39 Å². The van der Waals surface area contributed by atoms with Crippen LogP contribution in [0.25, 0.3) is 22.2 Å². The Morgan fingerprint density at radius 1 is 1.19 bits per heavy atom. The minimum atomic E-state index is -0.794. The molecule has 0 bridgehead atoms. The summed E-state index contributed by atoms with van der Waals surface area (Å²) >= 11 is 0. The summed E-state index contributed by atoms with van der Waals surface area (Å²) in [5, 5.41) is 12.4. The molecule has 0 saturated carbocycles. The first-order chi connectivity index (χ1) is 15.1. The average Bonchev–Trinajstić information content (AvgIpc) is 3.40. The van der Waals surface area contributed by atoms with Crippen molar-refractivity contribution in [3.05, 3.63) is 42.9 Å². The molecule has 0 spiro atoms. The van der Waals surface area contributed by atoms with Gasteiger partial charge in [0.2, 0.25) is 11.8 Å². The summed E-state index contributed by atoms with van der Waals surface area (Å²) in [6, 6.07) is 8.35. The Labute approximate surface area is 179 Å². The summed E-state index contributed by atoms with van der Waals surface area (Å²) in [5.41, 5.74) is 3.89. The number of methoxy groups -OCH3 is 1. The number of ether oxygens (including phenoxy) is 1. The molecular weight excluding hydrogens is 397 g/mol. The molecular formula is C22H26FN7O. The van der Waals surface area contributed by atoms with Crippen LogP contribution in [0.1, 0.15) is 19.8 Å². The number of hydrogen-bond acceptors (Lipinski definition) is 6. The lowest BCUT2D eigenvalue weighted by Gasteiger charge is -2.32. The molecule has 1 fully saturated rings. The summed E-state index contributed by atoms with van der Waals surface area (Å²) in [6.45, 7) is 3.85. The highest BCUT2D eigenvalue weighted by Gasteiger charge is 2.22. The van der Waals surface area contributed by atoms with Gasteiger partial charge in [-0.1, -0.05) is 0 Å². The molecule has 0 unspecified atom stereocenters. The second-order valence-corrected chi connectivity index (χ2v) is 8.08. The standard InChI is InChI=1S/C22H26FN7O/c1-15(23)14-28-9-5-17(6-10-28)25-22-26-21(31-2)20-19(7-12-30(20)27-22)16-4-11-29-18(13-16)3-8-24-29/h3-4,7-8,11-13,15,17H,5-6,9-10,14H2,1-2H3,(H,25,27)/t15-/m0/s1. The number of anilines is 1. The molecule has 1 aliphatic rings. The van der Waals surface area contributed by atoms with Crippen molar-refractivity contribution in [2.24, 2.45) is 0 Å². The second-order valence-electron chi connectivity index (χ2n) is 8.08. The van der Waals surface area contributed by atoms with Crippen LogP contribution in [-0.4, -0.2) is 68.1 Å². The van der Waals surface area contributed by atoms with Crippen molar-refractivity contribution in [2.75, 3.05) is 32.1 Å². The normalized spacial score (nSPS) is 16.7. The van der Waals surface area contributed by atoms with E-state index in [1.54, 1.807) is 20.2 Å². The molecule has 4 aromatic heterocycles. The Morgan fingerprint density at radius 2 is 2.00 bits per heavy atom. The van der Waals surface area contributed by atoms with Crippen molar-refractivity contribution in [3.8, 4) is 17.0 Å². The van der Waals surface area contributed by atoms with Gasteiger partial charge in [-0.3, -0.25) is 0 Å². The number of halogens is 1. The van der Waals surface area contributed by atoms with E-state index in [0.717, 1.165) is 48.1 Å². The maximum Gasteiger partial charge on any atom is 0.244 e. The maximum absolute atomic E-state index is 13.2. The van der Waals surface area contributed by atoms with Gasteiger partial charge in [0.05, 0.1) is 12.6 Å². The van der Waals surface area contributed by atoms with Crippen LogP contribution in [0, 0.1) is 0 Å². The molecule has 0 aliphatic carbocycles. The zero-order valence-corrected chi connectivity index (χ0v) is 17.7. The topological polar surface area (TPSA) is 72.0 Å². The molecule has 0 aromatic carbocycles. The van der Waals surface area contributed by atoms with Crippen molar-refractivity contribution >= 4 is 17.0 Å². The summed E-state index contributed by atoms with van der Waals surface area (Å²) in [6.07, 6.45) is 6.70. The van der Waals surface area contributed by atoms with Crippen LogP contribution in [0.3, 0.4) is 0 Å². The largest absolute Gasteiger partial charge is 0.479 e. The minimum Gasteiger partial charge on any atom is -0.479 e. The van der Waals surface area contributed by atoms with Crippen LogP contribution in [0.4, 0.5) is 10.3 Å². The van der Waals surface area contributed by atoms with E-state index in [1.165, 1.54) is 0 Å². The van der Waals surface area contributed by atoms with Crippen molar-refractivity contribution in [1.82, 2.24) is 29.1 Å². The monoisotopic (exact) mass is 423 g/mol. The SMILES string of the molecule is COc1nc(NC2CCN(C[C@H](C)F)CC2)nn2ccc(-c3ccn4nccc4c3)c12. The molecule has 1 atom stereocenters. The number of piperidine rings is 1. The predicted octanol–water partition coefficient (Wildman–Crippen LogP) is 3.29. The van der Waals surface area contributed by atoms with Gasteiger partial charge in [-0.2, -0.15) is 10.1 Å². The quantitative estimate of drug-likeness (QED) is 0.513. The first-order valence-corrected chi connectivity index (χ1v) is 10.6. The number of fused-ring (bicyclic) bond motifs is 2. The zero-order valence-electron chi connectivity index (χ0n) is 17.7. The van der Waals surface area contributed by atoms with E-state index < -0.39 is 6.17 Å². The fourth-order valence-electron chi connectivity index (χ4n) is 4.32. The number of rotatable bonds is 6. The van der Waals surface area contributed by atoms with Gasteiger partial charge < -0.3 is 15.0 Å². The number of hydrogen-bond donors (Lipinski definition) is 1. The van der Waals surface area contributed by atoms with Crippen LogP contribution < -0.4 is 10.1 Å². The van der Waals surface area contributed by atoms with Crippen LogP contribution in [-0.2, 0) is 0 Å². The van der Waals surface area contributed by atoms with Gasteiger partial charge in [0, 0.05) is 49.8 Å². The van der Waals surface area contributed by atoms with Gasteiger partial charge in [0.25, 0.3) is 0 Å². The van der Waals surface area contributed by atoms with E-state index >= 15 is 0 Å². The fourth-order valence-corrected chi connectivity index (χ4v) is 4.32. The van der Waals surface area contributed by atoms with E-state index in [4.69, 9.17) is 4.74 Å². The Bertz CT molecular complexity index is 1190. The molecule has 0 amide bonds. The highest BCUT2D eigenvalue weighted by atomic mass is 19.1. The molecule has 1 N–H and O–H groups in total. The number of aromatic nitrogens is 5. The Balaban J connectivity index is 1.39. The lowest BCUT2D eigenvalue weighted by molar-refractivity contribution is 0.169. The maximum atomic E-state index is 13.2. The Morgan fingerprint density at radius 3 is 2.77 bits per heavy atom. The molecule has 1 aliphatic heterocycles. The number of pyridine rings is 1. The third-order valence-electron chi connectivity index (χ3n) is 5.81.